The monoisotopic (exact) mass is 379 g/mol. The van der Waals surface area contributed by atoms with Crippen molar-refractivity contribution >= 4 is 11.6 Å². The number of methoxy groups -OCH3 is 2. The quantitative estimate of drug-likeness (QED) is 0.828. The van der Waals surface area contributed by atoms with Crippen LogP contribution in [0.2, 0.25) is 0 Å². The van der Waals surface area contributed by atoms with Gasteiger partial charge in [-0.2, -0.15) is 5.26 Å². The van der Waals surface area contributed by atoms with Crippen molar-refractivity contribution in [2.24, 2.45) is 0 Å². The van der Waals surface area contributed by atoms with E-state index in [4.69, 9.17) is 14.7 Å². The Morgan fingerprint density at radius 2 is 1.96 bits per heavy atom. The van der Waals surface area contributed by atoms with Crippen molar-refractivity contribution in [3.63, 3.8) is 0 Å². The summed E-state index contributed by atoms with van der Waals surface area (Å²) in [6.45, 7) is 2.76. The molecule has 28 heavy (non-hydrogen) atoms. The van der Waals surface area contributed by atoms with Gasteiger partial charge in [-0.3, -0.25) is 9.69 Å². The maximum atomic E-state index is 12.8. The number of carbonyl (C=O) groups is 1. The lowest BCUT2D eigenvalue weighted by Gasteiger charge is -2.31. The van der Waals surface area contributed by atoms with E-state index >= 15 is 0 Å². The number of nitrogens with zero attached hydrogens (tertiary/aromatic N) is 2. The van der Waals surface area contributed by atoms with Gasteiger partial charge < -0.3 is 14.8 Å². The predicted octanol–water partition coefficient (Wildman–Crippen LogP) is 3.74. The summed E-state index contributed by atoms with van der Waals surface area (Å²) in [5, 5.41) is 11.8. The van der Waals surface area contributed by atoms with Crippen molar-refractivity contribution in [3.05, 3.63) is 53.6 Å². The smallest absolute Gasteiger partial charge is 0.241 e. The van der Waals surface area contributed by atoms with Crippen molar-refractivity contribution < 1.29 is 14.3 Å². The van der Waals surface area contributed by atoms with Crippen molar-refractivity contribution in [2.75, 3.05) is 26.1 Å². The zero-order chi connectivity index (χ0) is 20.1. The predicted molar refractivity (Wildman–Crippen MR) is 107 cm³/mol. The van der Waals surface area contributed by atoms with Crippen molar-refractivity contribution in [2.45, 2.75) is 31.8 Å². The van der Waals surface area contributed by atoms with Gasteiger partial charge in [-0.15, -0.1) is 0 Å². The summed E-state index contributed by atoms with van der Waals surface area (Å²) in [7, 11) is 3.30. The molecule has 1 fully saturated rings. The van der Waals surface area contributed by atoms with Gasteiger partial charge in [-0.1, -0.05) is 0 Å². The first-order valence-corrected chi connectivity index (χ1v) is 9.36. The largest absolute Gasteiger partial charge is 0.497 e. The number of hydrogen-bond acceptors (Lipinski definition) is 5. The van der Waals surface area contributed by atoms with E-state index in [-0.39, 0.29) is 18.0 Å². The van der Waals surface area contributed by atoms with Crippen LogP contribution in [-0.4, -0.2) is 37.6 Å². The first-order valence-electron chi connectivity index (χ1n) is 9.36. The first-order chi connectivity index (χ1) is 13.6. The minimum absolute atomic E-state index is 0.0709. The van der Waals surface area contributed by atoms with Crippen LogP contribution in [-0.2, 0) is 4.79 Å². The number of anilines is 1. The Labute approximate surface area is 165 Å². The van der Waals surface area contributed by atoms with Gasteiger partial charge in [0.2, 0.25) is 5.91 Å². The molecule has 6 heteroatoms. The normalized spacial score (nSPS) is 17.6. The molecular formula is C22H25N3O3. The Morgan fingerprint density at radius 1 is 1.21 bits per heavy atom. The molecule has 3 rings (SSSR count). The molecule has 6 nitrogen and oxygen atoms in total. The van der Waals surface area contributed by atoms with Gasteiger partial charge in [0.05, 0.1) is 31.9 Å². The molecule has 2 atom stereocenters. The number of nitriles is 1. The minimum Gasteiger partial charge on any atom is -0.497 e. The molecular weight excluding hydrogens is 354 g/mol. The molecule has 0 aliphatic carbocycles. The Morgan fingerprint density at radius 3 is 2.61 bits per heavy atom. The molecule has 146 valence electrons. The molecule has 1 N–H and O–H groups in total. The molecule has 0 unspecified atom stereocenters. The Hall–Kier alpha value is -3.04. The molecule has 0 radical (unpaired) electrons. The van der Waals surface area contributed by atoms with Crippen molar-refractivity contribution in [1.29, 1.82) is 5.26 Å². The second-order valence-electron chi connectivity index (χ2n) is 6.86. The highest BCUT2D eigenvalue weighted by Gasteiger charge is 2.34. The van der Waals surface area contributed by atoms with Crippen LogP contribution in [0.3, 0.4) is 0 Å². The fourth-order valence-electron chi connectivity index (χ4n) is 3.71. The fourth-order valence-corrected chi connectivity index (χ4v) is 3.71. The number of likely N-dealkylation sites (tertiary alicyclic amines) is 1. The van der Waals surface area contributed by atoms with E-state index in [0.29, 0.717) is 11.3 Å². The Bertz CT molecular complexity index is 874. The highest BCUT2D eigenvalue weighted by Crippen LogP contribution is 2.40. The van der Waals surface area contributed by atoms with E-state index in [9.17, 15) is 4.79 Å². The zero-order valence-electron chi connectivity index (χ0n) is 16.4. The van der Waals surface area contributed by atoms with Gasteiger partial charge >= 0.3 is 0 Å². The van der Waals surface area contributed by atoms with Crippen molar-refractivity contribution in [3.8, 4) is 17.6 Å². The number of carbonyl (C=O) groups excluding carboxylic acids is 1. The summed E-state index contributed by atoms with van der Waals surface area (Å²) in [5.41, 5.74) is 2.29. The van der Waals surface area contributed by atoms with Gasteiger partial charge in [-0.05, 0) is 68.8 Å². The summed E-state index contributed by atoms with van der Waals surface area (Å²) in [6.07, 6.45) is 1.97. The number of benzene rings is 2. The lowest BCUT2D eigenvalue weighted by atomic mass is 10.0. The van der Waals surface area contributed by atoms with Gasteiger partial charge in [0.25, 0.3) is 0 Å². The molecule has 0 spiro atoms. The van der Waals surface area contributed by atoms with E-state index in [2.05, 4.69) is 16.3 Å². The summed E-state index contributed by atoms with van der Waals surface area (Å²) in [4.78, 5) is 15.0. The van der Waals surface area contributed by atoms with Crippen LogP contribution in [0, 0.1) is 11.3 Å². The summed E-state index contributed by atoms with van der Waals surface area (Å²) >= 11 is 0. The average Bonchev–Trinajstić information content (AvgIpc) is 3.22. The number of ether oxygens (including phenoxy) is 2. The van der Waals surface area contributed by atoms with Gasteiger partial charge in [0, 0.05) is 17.3 Å². The maximum absolute atomic E-state index is 12.8. The van der Waals surface area contributed by atoms with E-state index in [1.807, 2.05) is 25.1 Å². The molecule has 0 saturated carbocycles. The minimum atomic E-state index is -0.306. The van der Waals surface area contributed by atoms with E-state index in [1.54, 1.807) is 38.5 Å². The Kier molecular flexibility index (Phi) is 6.17. The molecule has 2 aromatic rings. The number of amides is 1. The third-order valence-electron chi connectivity index (χ3n) is 5.25. The van der Waals surface area contributed by atoms with Crippen LogP contribution in [0.4, 0.5) is 5.69 Å². The van der Waals surface area contributed by atoms with Crippen LogP contribution in [0.5, 0.6) is 11.5 Å². The zero-order valence-corrected chi connectivity index (χ0v) is 16.4. The van der Waals surface area contributed by atoms with Gasteiger partial charge in [0.1, 0.15) is 11.5 Å². The third kappa shape index (κ3) is 4.10. The highest BCUT2D eigenvalue weighted by atomic mass is 16.5. The van der Waals surface area contributed by atoms with Gasteiger partial charge in [0.15, 0.2) is 0 Å². The molecule has 1 aliphatic heterocycles. The lowest BCUT2D eigenvalue weighted by Crippen LogP contribution is -2.41. The Balaban J connectivity index is 1.78. The standard InChI is InChI=1S/C22H25N3O3/c1-15(22(26)24-17-8-6-16(14-23)7-9-17)25-12-4-5-20(25)19-13-18(27-2)10-11-21(19)28-3/h6-11,13,15,20H,4-5,12H2,1-3H3,(H,24,26)/t15-,20+/m0/s1. The van der Waals surface area contributed by atoms with Gasteiger partial charge in [-0.25, -0.2) is 0 Å². The molecule has 1 amide bonds. The third-order valence-corrected chi connectivity index (χ3v) is 5.25. The second kappa shape index (κ2) is 8.77. The highest BCUT2D eigenvalue weighted by molar-refractivity contribution is 5.94. The number of rotatable bonds is 6. The lowest BCUT2D eigenvalue weighted by molar-refractivity contribution is -0.121. The van der Waals surface area contributed by atoms with Crippen LogP contribution < -0.4 is 14.8 Å². The molecule has 0 aromatic heterocycles. The number of hydrogen-bond donors (Lipinski definition) is 1. The summed E-state index contributed by atoms with van der Waals surface area (Å²) in [6, 6.07) is 14.5. The van der Waals surface area contributed by atoms with E-state index in [0.717, 1.165) is 36.4 Å². The topological polar surface area (TPSA) is 74.6 Å². The van der Waals surface area contributed by atoms with Crippen LogP contribution >= 0.6 is 0 Å². The molecule has 0 bridgehead atoms. The first kappa shape index (κ1) is 19.7. The molecule has 2 aromatic carbocycles. The molecule has 1 heterocycles. The SMILES string of the molecule is COc1ccc(OC)c([C@H]2CCCN2[C@@H](C)C(=O)Nc2ccc(C#N)cc2)c1. The fraction of sp³-hybridized carbons (Fsp3) is 0.364. The molecule has 1 aliphatic rings. The van der Waals surface area contributed by atoms with Crippen LogP contribution in [0.1, 0.15) is 36.9 Å². The molecule has 1 saturated heterocycles. The second-order valence-corrected chi connectivity index (χ2v) is 6.86. The average molecular weight is 379 g/mol. The van der Waals surface area contributed by atoms with Crippen LogP contribution in [0.25, 0.3) is 0 Å². The summed E-state index contributed by atoms with van der Waals surface area (Å²) < 4.78 is 10.9. The van der Waals surface area contributed by atoms with Crippen LogP contribution in [0.15, 0.2) is 42.5 Å². The van der Waals surface area contributed by atoms with E-state index < -0.39 is 0 Å². The van der Waals surface area contributed by atoms with Crippen molar-refractivity contribution in [1.82, 2.24) is 4.90 Å². The van der Waals surface area contributed by atoms with E-state index in [1.165, 1.54) is 0 Å². The maximum Gasteiger partial charge on any atom is 0.241 e. The summed E-state index contributed by atoms with van der Waals surface area (Å²) in [5.74, 6) is 1.51. The number of nitrogens with one attached hydrogen (secondary N) is 1.